The molecule has 6 nitrogen and oxygen atoms in total. The minimum atomic E-state index is -0.180. The molecule has 0 aromatic carbocycles. The monoisotopic (exact) mass is 435 g/mol. The molecule has 0 aliphatic heterocycles. The van der Waals surface area contributed by atoms with Crippen LogP contribution in [-0.4, -0.2) is 21.1 Å². The molecule has 172 valence electrons. The van der Waals surface area contributed by atoms with Crippen molar-refractivity contribution < 1.29 is 4.79 Å². The van der Waals surface area contributed by atoms with Crippen molar-refractivity contribution in [3.8, 4) is 11.3 Å². The van der Waals surface area contributed by atoms with Crippen molar-refractivity contribution in [1.29, 1.82) is 0 Å². The maximum absolute atomic E-state index is 13.2. The van der Waals surface area contributed by atoms with Crippen LogP contribution in [0.25, 0.3) is 11.3 Å². The molecular weight excluding hydrogens is 398 g/mol. The van der Waals surface area contributed by atoms with Crippen molar-refractivity contribution in [2.45, 2.75) is 85.0 Å². The number of carbonyl (C=O) groups is 1. The number of pyridine rings is 1. The van der Waals surface area contributed by atoms with Gasteiger partial charge in [-0.2, -0.15) is 5.10 Å². The summed E-state index contributed by atoms with van der Waals surface area (Å²) in [4.78, 5) is 17.9. The SMILES string of the molecule is Cc1cc(NC(=O)C(N)=C(C2CCCCC2)C2CCCCC2)cnc1-c1c(C)n[nH]c1C. The van der Waals surface area contributed by atoms with Crippen molar-refractivity contribution in [3.05, 3.63) is 40.5 Å². The lowest BCUT2D eigenvalue weighted by atomic mass is 9.73. The molecule has 0 atom stereocenters. The van der Waals surface area contributed by atoms with Crippen LogP contribution in [0.1, 0.15) is 81.2 Å². The van der Waals surface area contributed by atoms with E-state index in [-0.39, 0.29) is 5.91 Å². The summed E-state index contributed by atoms with van der Waals surface area (Å²) in [6, 6.07) is 1.97. The topological polar surface area (TPSA) is 96.7 Å². The largest absolute Gasteiger partial charge is 0.394 e. The molecule has 4 rings (SSSR count). The van der Waals surface area contributed by atoms with Gasteiger partial charge in [0.1, 0.15) is 0 Å². The lowest BCUT2D eigenvalue weighted by Crippen LogP contribution is -2.29. The molecule has 2 fully saturated rings. The Bertz CT molecular complexity index is 954. The first-order chi connectivity index (χ1) is 15.5. The predicted octanol–water partition coefficient (Wildman–Crippen LogP) is 5.71. The Hall–Kier alpha value is -2.63. The van der Waals surface area contributed by atoms with Gasteiger partial charge in [-0.25, -0.2) is 0 Å². The molecule has 0 saturated heterocycles. The smallest absolute Gasteiger partial charge is 0.271 e. The number of rotatable bonds is 5. The first kappa shape index (κ1) is 22.6. The number of aromatic nitrogens is 3. The van der Waals surface area contributed by atoms with Gasteiger partial charge in [0.25, 0.3) is 5.91 Å². The van der Waals surface area contributed by atoms with E-state index in [0.717, 1.165) is 28.2 Å². The average molecular weight is 436 g/mol. The second-order valence-electron chi connectivity index (χ2n) is 9.69. The summed E-state index contributed by atoms with van der Waals surface area (Å²) in [6.45, 7) is 5.98. The minimum absolute atomic E-state index is 0.180. The Morgan fingerprint density at radius 3 is 2.09 bits per heavy atom. The van der Waals surface area contributed by atoms with E-state index < -0.39 is 0 Å². The van der Waals surface area contributed by atoms with Crippen LogP contribution in [0, 0.1) is 32.6 Å². The van der Waals surface area contributed by atoms with Crippen molar-refractivity contribution >= 4 is 11.6 Å². The number of hydrogen-bond acceptors (Lipinski definition) is 4. The van der Waals surface area contributed by atoms with Gasteiger partial charge >= 0.3 is 0 Å². The summed E-state index contributed by atoms with van der Waals surface area (Å²) in [7, 11) is 0. The highest BCUT2D eigenvalue weighted by Crippen LogP contribution is 2.40. The van der Waals surface area contributed by atoms with Crippen molar-refractivity contribution in [2.24, 2.45) is 17.6 Å². The highest BCUT2D eigenvalue weighted by atomic mass is 16.2. The molecule has 0 spiro atoms. The molecule has 2 heterocycles. The molecule has 1 amide bonds. The fourth-order valence-corrected chi connectivity index (χ4v) is 5.73. The molecule has 32 heavy (non-hydrogen) atoms. The Morgan fingerprint density at radius 2 is 1.59 bits per heavy atom. The average Bonchev–Trinajstić information content (AvgIpc) is 3.13. The van der Waals surface area contributed by atoms with Gasteiger partial charge < -0.3 is 11.1 Å². The van der Waals surface area contributed by atoms with Crippen LogP contribution in [0.2, 0.25) is 0 Å². The van der Waals surface area contributed by atoms with E-state index in [1.807, 2.05) is 26.8 Å². The molecule has 0 bridgehead atoms. The molecule has 6 heteroatoms. The van der Waals surface area contributed by atoms with Crippen LogP contribution < -0.4 is 11.1 Å². The lowest BCUT2D eigenvalue weighted by Gasteiger charge is -2.33. The van der Waals surface area contributed by atoms with Gasteiger partial charge in [-0.1, -0.05) is 38.5 Å². The number of nitrogens with zero attached hydrogens (tertiary/aromatic N) is 2. The highest BCUT2D eigenvalue weighted by Gasteiger charge is 2.30. The third-order valence-corrected chi connectivity index (χ3v) is 7.35. The normalized spacial score (nSPS) is 17.8. The molecule has 0 radical (unpaired) electrons. The minimum Gasteiger partial charge on any atom is -0.394 e. The Labute approximate surface area is 191 Å². The number of anilines is 1. The lowest BCUT2D eigenvalue weighted by molar-refractivity contribution is -0.113. The fourth-order valence-electron chi connectivity index (χ4n) is 5.73. The fraction of sp³-hybridized carbons (Fsp3) is 0.577. The van der Waals surface area contributed by atoms with E-state index >= 15 is 0 Å². The summed E-state index contributed by atoms with van der Waals surface area (Å²) in [5.74, 6) is 0.750. The van der Waals surface area contributed by atoms with Crippen LogP contribution in [0.3, 0.4) is 0 Å². The van der Waals surface area contributed by atoms with E-state index in [2.05, 4.69) is 20.5 Å². The van der Waals surface area contributed by atoms with Gasteiger partial charge in [-0.05, 0) is 75.5 Å². The maximum atomic E-state index is 13.2. The van der Waals surface area contributed by atoms with Crippen molar-refractivity contribution in [1.82, 2.24) is 15.2 Å². The Kier molecular flexibility index (Phi) is 6.97. The third kappa shape index (κ3) is 4.74. The molecular formula is C26H37N5O. The summed E-state index contributed by atoms with van der Waals surface area (Å²) in [5, 5.41) is 10.3. The number of aromatic amines is 1. The molecule has 2 saturated carbocycles. The van der Waals surface area contributed by atoms with E-state index in [4.69, 9.17) is 5.73 Å². The summed E-state index contributed by atoms with van der Waals surface area (Å²) < 4.78 is 0. The molecule has 2 aromatic heterocycles. The number of H-pyrrole nitrogens is 1. The van der Waals surface area contributed by atoms with Gasteiger partial charge in [0.2, 0.25) is 0 Å². The number of nitrogens with one attached hydrogen (secondary N) is 2. The molecule has 2 aromatic rings. The standard InChI is InChI=1S/C26H37N5O/c1-16-14-21(15-28-25(16)22-17(2)30-31-18(22)3)29-26(32)24(27)23(19-10-6-4-7-11-19)20-12-8-5-9-13-20/h14-15,19-20H,4-13,27H2,1-3H3,(H,29,32)(H,30,31). The molecule has 2 aliphatic rings. The maximum Gasteiger partial charge on any atom is 0.271 e. The number of hydrogen-bond donors (Lipinski definition) is 3. The van der Waals surface area contributed by atoms with Gasteiger partial charge in [0.05, 0.1) is 29.0 Å². The van der Waals surface area contributed by atoms with Crippen molar-refractivity contribution in [3.63, 3.8) is 0 Å². The molecule has 2 aliphatic carbocycles. The van der Waals surface area contributed by atoms with Gasteiger partial charge in [0, 0.05) is 11.3 Å². The summed E-state index contributed by atoms with van der Waals surface area (Å²) in [6.07, 6.45) is 14.0. The first-order valence-electron chi connectivity index (χ1n) is 12.2. The Morgan fingerprint density at radius 1 is 1.00 bits per heavy atom. The van der Waals surface area contributed by atoms with Crippen LogP contribution >= 0.6 is 0 Å². The summed E-state index contributed by atoms with van der Waals surface area (Å²) in [5.41, 5.74) is 13.8. The van der Waals surface area contributed by atoms with Crippen LogP contribution in [0.5, 0.6) is 0 Å². The Balaban J connectivity index is 1.58. The van der Waals surface area contributed by atoms with Gasteiger partial charge in [0.15, 0.2) is 0 Å². The highest BCUT2D eigenvalue weighted by molar-refractivity contribution is 6.03. The van der Waals surface area contributed by atoms with Crippen LogP contribution in [0.4, 0.5) is 5.69 Å². The second-order valence-corrected chi connectivity index (χ2v) is 9.69. The van der Waals surface area contributed by atoms with Crippen LogP contribution in [0.15, 0.2) is 23.5 Å². The number of nitrogens with two attached hydrogens (primary N) is 1. The van der Waals surface area contributed by atoms with Gasteiger partial charge in [-0.3, -0.25) is 14.9 Å². The first-order valence-corrected chi connectivity index (χ1v) is 12.2. The number of carbonyl (C=O) groups excluding carboxylic acids is 1. The zero-order chi connectivity index (χ0) is 22.7. The zero-order valence-electron chi connectivity index (χ0n) is 19.8. The van der Waals surface area contributed by atoms with E-state index in [9.17, 15) is 4.79 Å². The van der Waals surface area contributed by atoms with E-state index in [1.165, 1.54) is 69.8 Å². The van der Waals surface area contributed by atoms with Gasteiger partial charge in [-0.15, -0.1) is 0 Å². The van der Waals surface area contributed by atoms with Crippen LogP contribution in [-0.2, 0) is 4.79 Å². The van der Waals surface area contributed by atoms with Crippen molar-refractivity contribution in [2.75, 3.05) is 5.32 Å². The molecule has 0 unspecified atom stereocenters. The third-order valence-electron chi connectivity index (χ3n) is 7.35. The summed E-state index contributed by atoms with van der Waals surface area (Å²) >= 11 is 0. The quantitative estimate of drug-likeness (QED) is 0.524. The number of amides is 1. The second kappa shape index (κ2) is 9.88. The number of allylic oxidation sites excluding steroid dienone is 1. The van der Waals surface area contributed by atoms with E-state index in [1.54, 1.807) is 6.20 Å². The molecule has 4 N–H and O–H groups in total. The zero-order valence-corrected chi connectivity index (χ0v) is 19.8. The van der Waals surface area contributed by atoms with E-state index in [0.29, 0.717) is 23.2 Å². The predicted molar refractivity (Wildman–Crippen MR) is 129 cm³/mol. The number of aryl methyl sites for hydroxylation is 3.